The molecular weight excluding hydrogens is 248 g/mol. The summed E-state index contributed by atoms with van der Waals surface area (Å²) in [6, 6.07) is 0. The van der Waals surface area contributed by atoms with Crippen molar-refractivity contribution in [3.63, 3.8) is 0 Å². The monoisotopic (exact) mass is 268 g/mol. The normalized spacial score (nSPS) is 10.9. The van der Waals surface area contributed by atoms with Gasteiger partial charge in [0.05, 0.1) is 12.9 Å². The lowest BCUT2D eigenvalue weighted by molar-refractivity contribution is -0.120. The van der Waals surface area contributed by atoms with E-state index in [1.165, 1.54) is 0 Å². The fourth-order valence-corrected chi connectivity index (χ4v) is 1.29. The molecule has 7 nitrogen and oxygen atoms in total. The minimum absolute atomic E-state index is 0.0993. The zero-order valence-electron chi connectivity index (χ0n) is 11.4. The van der Waals surface area contributed by atoms with Crippen LogP contribution in [0.5, 0.6) is 0 Å². The lowest BCUT2D eigenvalue weighted by Crippen LogP contribution is -2.40. The van der Waals surface area contributed by atoms with Crippen molar-refractivity contribution < 1.29 is 14.3 Å². The van der Waals surface area contributed by atoms with Crippen molar-refractivity contribution in [2.75, 3.05) is 13.1 Å². The fourth-order valence-electron chi connectivity index (χ4n) is 1.29. The summed E-state index contributed by atoms with van der Waals surface area (Å²) in [5.41, 5.74) is 0.377. The second-order valence-electron chi connectivity index (χ2n) is 5.03. The van der Waals surface area contributed by atoms with Crippen LogP contribution in [-0.2, 0) is 16.0 Å². The lowest BCUT2D eigenvalue weighted by Gasteiger charge is -2.19. The third kappa shape index (κ3) is 7.07. The first kappa shape index (κ1) is 15.0. The summed E-state index contributed by atoms with van der Waals surface area (Å²) in [5.74, 6) is -0.259. The van der Waals surface area contributed by atoms with Crippen LogP contribution >= 0.6 is 0 Å². The molecule has 0 aliphatic carbocycles. The number of alkyl carbamates (subject to hydrolysis) is 1. The summed E-state index contributed by atoms with van der Waals surface area (Å²) in [7, 11) is 0. The van der Waals surface area contributed by atoms with Gasteiger partial charge in [-0.05, 0) is 20.8 Å². The van der Waals surface area contributed by atoms with Gasteiger partial charge in [0.15, 0.2) is 0 Å². The van der Waals surface area contributed by atoms with Crippen LogP contribution in [0.2, 0.25) is 0 Å². The topological polar surface area (TPSA) is 96.1 Å². The average Bonchev–Trinajstić information content (AvgIpc) is 2.77. The van der Waals surface area contributed by atoms with Crippen molar-refractivity contribution in [3.8, 4) is 0 Å². The first-order valence-corrected chi connectivity index (χ1v) is 6.07. The molecule has 1 heterocycles. The van der Waals surface area contributed by atoms with Crippen molar-refractivity contribution in [2.24, 2.45) is 0 Å². The predicted octanol–water partition coefficient (Wildman–Crippen LogP) is 0.593. The van der Waals surface area contributed by atoms with Gasteiger partial charge in [-0.3, -0.25) is 4.79 Å². The molecule has 7 heteroatoms. The van der Waals surface area contributed by atoms with Gasteiger partial charge in [0, 0.05) is 24.9 Å². The Kier molecular flexibility index (Phi) is 5.35. The summed E-state index contributed by atoms with van der Waals surface area (Å²) < 4.78 is 5.01. The second kappa shape index (κ2) is 6.77. The number of aromatic nitrogens is 2. The van der Waals surface area contributed by atoms with Crippen LogP contribution < -0.4 is 10.6 Å². The maximum atomic E-state index is 11.4. The number of ether oxygens (including phenoxy) is 1. The third-order valence-electron chi connectivity index (χ3n) is 2.06. The van der Waals surface area contributed by atoms with Gasteiger partial charge >= 0.3 is 6.09 Å². The molecule has 0 aliphatic rings. The lowest BCUT2D eigenvalue weighted by atomic mass is 10.2. The van der Waals surface area contributed by atoms with Crippen LogP contribution in [-0.4, -0.2) is 40.7 Å². The molecule has 2 amide bonds. The highest BCUT2D eigenvalue weighted by Crippen LogP contribution is 2.05. The van der Waals surface area contributed by atoms with Crippen LogP contribution in [0, 0.1) is 0 Å². The number of imidazole rings is 1. The Labute approximate surface area is 112 Å². The number of carbonyl (C=O) groups excluding carboxylic acids is 2. The molecular formula is C12H20N4O3. The van der Waals surface area contributed by atoms with Gasteiger partial charge in [0.2, 0.25) is 5.91 Å². The Morgan fingerprint density at radius 2 is 2.11 bits per heavy atom. The molecule has 0 unspecified atom stereocenters. The van der Waals surface area contributed by atoms with Gasteiger partial charge in [-0.2, -0.15) is 0 Å². The summed E-state index contributed by atoms with van der Waals surface area (Å²) in [6.45, 7) is 5.67. The van der Waals surface area contributed by atoms with Crippen molar-refractivity contribution in [1.29, 1.82) is 0 Å². The number of amides is 2. The van der Waals surface area contributed by atoms with Crippen molar-refractivity contribution in [1.82, 2.24) is 20.6 Å². The number of hydrogen-bond donors (Lipinski definition) is 3. The Bertz CT molecular complexity index is 409. The number of nitrogens with one attached hydrogen (secondary N) is 3. The number of H-pyrrole nitrogens is 1. The van der Waals surface area contributed by atoms with Crippen LogP contribution in [0.4, 0.5) is 4.79 Å². The molecule has 0 atom stereocenters. The maximum Gasteiger partial charge on any atom is 0.408 e. The number of aromatic amines is 1. The Hall–Kier alpha value is -2.05. The molecule has 0 saturated heterocycles. The number of carbonyl (C=O) groups is 2. The van der Waals surface area contributed by atoms with E-state index in [1.807, 2.05) is 0 Å². The molecule has 1 rings (SSSR count). The number of hydrogen-bond acceptors (Lipinski definition) is 4. The average molecular weight is 268 g/mol. The van der Waals surface area contributed by atoms with Gasteiger partial charge < -0.3 is 20.4 Å². The molecule has 106 valence electrons. The molecule has 19 heavy (non-hydrogen) atoms. The van der Waals surface area contributed by atoms with Crippen LogP contribution in [0.3, 0.4) is 0 Å². The second-order valence-corrected chi connectivity index (χ2v) is 5.03. The Balaban J connectivity index is 2.12. The molecule has 0 saturated carbocycles. The van der Waals surface area contributed by atoms with Gasteiger partial charge in [0.1, 0.15) is 5.60 Å². The van der Waals surface area contributed by atoms with E-state index in [0.717, 1.165) is 5.69 Å². The molecule has 0 spiro atoms. The molecule has 0 radical (unpaired) electrons. The third-order valence-corrected chi connectivity index (χ3v) is 2.06. The van der Waals surface area contributed by atoms with E-state index in [1.54, 1.807) is 33.3 Å². The zero-order valence-corrected chi connectivity index (χ0v) is 11.4. The highest BCUT2D eigenvalue weighted by Gasteiger charge is 2.16. The number of rotatable bonds is 5. The molecule has 0 aliphatic heterocycles. The SMILES string of the molecule is CC(C)(C)OC(=O)NCC(=O)NCCc1cnc[nH]1. The maximum absolute atomic E-state index is 11.4. The summed E-state index contributed by atoms with van der Waals surface area (Å²) in [6.07, 6.45) is 3.35. The van der Waals surface area contributed by atoms with E-state index >= 15 is 0 Å². The van der Waals surface area contributed by atoms with Gasteiger partial charge in [-0.15, -0.1) is 0 Å². The minimum Gasteiger partial charge on any atom is -0.444 e. The van der Waals surface area contributed by atoms with E-state index in [2.05, 4.69) is 20.6 Å². The summed E-state index contributed by atoms with van der Waals surface area (Å²) >= 11 is 0. The summed E-state index contributed by atoms with van der Waals surface area (Å²) in [5, 5.41) is 5.07. The van der Waals surface area contributed by atoms with Crippen LogP contribution in [0.1, 0.15) is 26.5 Å². The van der Waals surface area contributed by atoms with Crippen molar-refractivity contribution >= 4 is 12.0 Å². The van der Waals surface area contributed by atoms with E-state index in [9.17, 15) is 9.59 Å². The van der Waals surface area contributed by atoms with Crippen molar-refractivity contribution in [3.05, 3.63) is 18.2 Å². The number of nitrogens with zero attached hydrogens (tertiary/aromatic N) is 1. The predicted molar refractivity (Wildman–Crippen MR) is 69.5 cm³/mol. The Morgan fingerprint density at radius 3 is 2.68 bits per heavy atom. The quantitative estimate of drug-likeness (QED) is 0.728. The first-order valence-electron chi connectivity index (χ1n) is 6.07. The van der Waals surface area contributed by atoms with Crippen LogP contribution in [0.25, 0.3) is 0 Å². The van der Waals surface area contributed by atoms with E-state index in [4.69, 9.17) is 4.74 Å². The molecule has 0 bridgehead atoms. The van der Waals surface area contributed by atoms with Crippen LogP contribution in [0.15, 0.2) is 12.5 Å². The zero-order chi connectivity index (χ0) is 14.3. The fraction of sp³-hybridized carbons (Fsp3) is 0.583. The first-order chi connectivity index (χ1) is 8.87. The smallest absolute Gasteiger partial charge is 0.408 e. The van der Waals surface area contributed by atoms with E-state index < -0.39 is 11.7 Å². The van der Waals surface area contributed by atoms with Crippen molar-refractivity contribution in [2.45, 2.75) is 32.8 Å². The molecule has 0 aromatic carbocycles. The molecule has 1 aromatic rings. The highest BCUT2D eigenvalue weighted by molar-refractivity contribution is 5.82. The van der Waals surface area contributed by atoms with E-state index in [-0.39, 0.29) is 12.5 Å². The van der Waals surface area contributed by atoms with Gasteiger partial charge in [0.25, 0.3) is 0 Å². The molecule has 1 aromatic heterocycles. The highest BCUT2D eigenvalue weighted by atomic mass is 16.6. The van der Waals surface area contributed by atoms with Gasteiger partial charge in [-0.1, -0.05) is 0 Å². The largest absolute Gasteiger partial charge is 0.444 e. The minimum atomic E-state index is -0.601. The standard InChI is InChI=1S/C12H20N4O3/c1-12(2,3)19-11(18)15-7-10(17)14-5-4-9-6-13-8-16-9/h6,8H,4-5,7H2,1-3H3,(H,13,16)(H,14,17)(H,15,18). The molecule has 3 N–H and O–H groups in total. The summed E-state index contributed by atoms with van der Waals surface area (Å²) in [4.78, 5) is 29.5. The molecule has 0 fully saturated rings. The van der Waals surface area contributed by atoms with E-state index in [0.29, 0.717) is 13.0 Å². The van der Waals surface area contributed by atoms with Gasteiger partial charge in [-0.25, -0.2) is 9.78 Å². The Morgan fingerprint density at radius 1 is 1.37 bits per heavy atom.